The molecule has 56 valence electrons. The van der Waals surface area contributed by atoms with E-state index in [2.05, 4.69) is 10.8 Å². The van der Waals surface area contributed by atoms with E-state index in [1.165, 1.54) is 6.08 Å². The summed E-state index contributed by atoms with van der Waals surface area (Å²) in [6.45, 7) is 2.88. The van der Waals surface area contributed by atoms with Gasteiger partial charge >= 0.3 is 0 Å². The lowest BCUT2D eigenvalue weighted by atomic mass is 10.7. The molecule has 0 bridgehead atoms. The summed E-state index contributed by atoms with van der Waals surface area (Å²) in [7, 11) is -4.51. The van der Waals surface area contributed by atoms with E-state index in [0.717, 1.165) is 0 Å². The highest BCUT2D eigenvalue weighted by molar-refractivity contribution is 7.80. The predicted molar refractivity (Wildman–Crippen MR) is 31.8 cm³/mol. The zero-order chi connectivity index (χ0) is 6.62. The van der Waals surface area contributed by atoms with Crippen molar-refractivity contribution in [2.45, 2.75) is 0 Å². The Labute approximate surface area is 53.9 Å². The minimum absolute atomic E-state index is 0. The summed E-state index contributed by atoms with van der Waals surface area (Å²) < 4.78 is 32.4. The summed E-state index contributed by atoms with van der Waals surface area (Å²) in [5, 5.41) is 0. The van der Waals surface area contributed by atoms with Gasteiger partial charge in [0.1, 0.15) is 0 Å². The average molecular weight is 155 g/mol. The first kappa shape index (κ1) is 11.4. The molecule has 0 unspecified atom stereocenters. The molecule has 0 aliphatic carbocycles. The Bertz CT molecular complexity index is 161. The standard InChI is InChI=1S/C3H6O4S.H3N/c1-2-3-7-8(4,5)6;/h2H,1,3H2,(H,4,5,6);1H3. The van der Waals surface area contributed by atoms with E-state index in [4.69, 9.17) is 0 Å². The second-order valence-electron chi connectivity index (χ2n) is 0.981. The summed E-state index contributed by atoms with van der Waals surface area (Å²) in [5.74, 6) is 0. The summed E-state index contributed by atoms with van der Waals surface area (Å²) in [4.78, 5) is 0. The van der Waals surface area contributed by atoms with Crippen molar-refractivity contribution in [3.8, 4) is 0 Å². The Morgan fingerprint density at radius 3 is 2.22 bits per heavy atom. The molecule has 0 amide bonds. The molecule has 0 heterocycles. The maximum Gasteiger partial charge on any atom is 0.217 e. The van der Waals surface area contributed by atoms with Crippen molar-refractivity contribution in [3.05, 3.63) is 12.7 Å². The number of quaternary nitrogens is 1. The third-order valence-electron chi connectivity index (χ3n) is 0.330. The lowest BCUT2D eigenvalue weighted by molar-refractivity contribution is 0.288. The second kappa shape index (κ2) is 4.45. The molecule has 9 heavy (non-hydrogen) atoms. The van der Waals surface area contributed by atoms with Crippen LogP contribution in [0.5, 0.6) is 0 Å². The number of hydrogen-bond acceptors (Lipinski definition) is 4. The lowest BCUT2D eigenvalue weighted by Gasteiger charge is -2.02. The molecule has 0 saturated carbocycles. The second-order valence-corrected chi connectivity index (χ2v) is 2.03. The van der Waals surface area contributed by atoms with Gasteiger partial charge in [-0.15, -0.1) is 6.58 Å². The van der Waals surface area contributed by atoms with Gasteiger partial charge in [-0.2, -0.15) is 0 Å². The van der Waals surface area contributed by atoms with E-state index in [0.29, 0.717) is 0 Å². The van der Waals surface area contributed by atoms with Gasteiger partial charge in [-0.1, -0.05) is 6.08 Å². The Hall–Kier alpha value is -0.430. The van der Waals surface area contributed by atoms with E-state index in [1.54, 1.807) is 0 Å². The third kappa shape index (κ3) is 11.2. The minimum Gasteiger partial charge on any atom is -0.726 e. The SMILES string of the molecule is C=CCOS(=O)(=O)[O-].[NH4+]. The molecule has 0 aromatic heterocycles. The smallest absolute Gasteiger partial charge is 0.217 e. The topological polar surface area (TPSA) is 103 Å². The molecule has 0 aliphatic heterocycles. The van der Waals surface area contributed by atoms with Gasteiger partial charge in [0.05, 0.1) is 6.61 Å². The molecule has 0 aromatic carbocycles. The summed E-state index contributed by atoms with van der Waals surface area (Å²) in [5.41, 5.74) is 0. The molecule has 0 saturated heterocycles. The maximum atomic E-state index is 9.56. The molecule has 0 spiro atoms. The van der Waals surface area contributed by atoms with E-state index >= 15 is 0 Å². The lowest BCUT2D eigenvalue weighted by Crippen LogP contribution is -2.02. The van der Waals surface area contributed by atoms with Gasteiger partial charge < -0.3 is 10.7 Å². The Kier molecular flexibility index (Phi) is 5.62. The summed E-state index contributed by atoms with van der Waals surface area (Å²) >= 11 is 0. The first-order valence-electron chi connectivity index (χ1n) is 1.77. The maximum absolute atomic E-state index is 9.56. The predicted octanol–water partition coefficient (Wildman–Crippen LogP) is 0.0254. The van der Waals surface area contributed by atoms with Gasteiger partial charge in [-0.25, -0.2) is 8.42 Å². The van der Waals surface area contributed by atoms with Crippen molar-refractivity contribution in [2.24, 2.45) is 0 Å². The zero-order valence-electron chi connectivity index (χ0n) is 5.03. The van der Waals surface area contributed by atoms with Crippen LogP contribution in [0.3, 0.4) is 0 Å². The van der Waals surface area contributed by atoms with Crippen LogP contribution in [0.15, 0.2) is 12.7 Å². The van der Waals surface area contributed by atoms with E-state index < -0.39 is 10.4 Å². The molecular weight excluding hydrogens is 146 g/mol. The molecule has 0 aromatic rings. The quantitative estimate of drug-likeness (QED) is 0.352. The normalized spacial score (nSPS) is 9.89. The van der Waals surface area contributed by atoms with Crippen LogP contribution in [0.2, 0.25) is 0 Å². The van der Waals surface area contributed by atoms with Crippen LogP contribution >= 0.6 is 0 Å². The number of rotatable bonds is 3. The highest BCUT2D eigenvalue weighted by Crippen LogP contribution is 1.82. The molecule has 6 heteroatoms. The Balaban J connectivity index is 0. The Morgan fingerprint density at radius 1 is 1.67 bits per heavy atom. The van der Waals surface area contributed by atoms with Crippen molar-refractivity contribution in [1.82, 2.24) is 6.15 Å². The van der Waals surface area contributed by atoms with Gasteiger partial charge in [0.25, 0.3) is 0 Å². The average Bonchev–Trinajstić information content (AvgIpc) is 1.59. The van der Waals surface area contributed by atoms with Gasteiger partial charge in [-0.05, 0) is 0 Å². The highest BCUT2D eigenvalue weighted by Gasteiger charge is 1.86. The van der Waals surface area contributed by atoms with Gasteiger partial charge in [0.2, 0.25) is 10.4 Å². The van der Waals surface area contributed by atoms with Crippen LogP contribution in [0.25, 0.3) is 0 Å². The molecule has 0 radical (unpaired) electrons. The monoisotopic (exact) mass is 155 g/mol. The molecule has 0 atom stereocenters. The van der Waals surface area contributed by atoms with Crippen molar-refractivity contribution in [3.63, 3.8) is 0 Å². The van der Waals surface area contributed by atoms with Crippen LogP contribution in [-0.4, -0.2) is 19.6 Å². The highest BCUT2D eigenvalue weighted by atomic mass is 32.3. The fraction of sp³-hybridized carbons (Fsp3) is 0.333. The van der Waals surface area contributed by atoms with Gasteiger partial charge in [0, 0.05) is 0 Å². The fourth-order valence-electron chi connectivity index (χ4n) is 0.131. The van der Waals surface area contributed by atoms with Crippen LogP contribution < -0.4 is 6.15 Å². The summed E-state index contributed by atoms with van der Waals surface area (Å²) in [6, 6.07) is 0. The van der Waals surface area contributed by atoms with Crippen LogP contribution in [0.1, 0.15) is 0 Å². The molecule has 5 nitrogen and oxygen atoms in total. The van der Waals surface area contributed by atoms with E-state index in [9.17, 15) is 13.0 Å². The van der Waals surface area contributed by atoms with Crippen LogP contribution in [-0.2, 0) is 14.6 Å². The molecule has 0 aliphatic rings. The van der Waals surface area contributed by atoms with Gasteiger partial charge in [-0.3, -0.25) is 4.18 Å². The number of hydrogen-bond donors (Lipinski definition) is 1. The molecule has 4 N–H and O–H groups in total. The van der Waals surface area contributed by atoms with Gasteiger partial charge in [0.15, 0.2) is 0 Å². The largest absolute Gasteiger partial charge is 0.726 e. The first-order chi connectivity index (χ1) is 3.56. The van der Waals surface area contributed by atoms with Crippen LogP contribution in [0.4, 0.5) is 0 Å². The van der Waals surface area contributed by atoms with Crippen molar-refractivity contribution < 1.29 is 17.2 Å². The Morgan fingerprint density at radius 2 is 2.11 bits per heavy atom. The third-order valence-corrected chi connectivity index (χ3v) is 0.755. The molecule has 0 fully saturated rings. The van der Waals surface area contributed by atoms with Crippen molar-refractivity contribution in [1.29, 1.82) is 0 Å². The minimum atomic E-state index is -4.51. The van der Waals surface area contributed by atoms with E-state index in [1.807, 2.05) is 0 Å². The van der Waals surface area contributed by atoms with Crippen molar-refractivity contribution >= 4 is 10.4 Å². The zero-order valence-corrected chi connectivity index (χ0v) is 5.85. The van der Waals surface area contributed by atoms with Crippen molar-refractivity contribution in [2.75, 3.05) is 6.61 Å². The summed E-state index contributed by atoms with van der Waals surface area (Å²) in [6.07, 6.45) is 1.18. The van der Waals surface area contributed by atoms with E-state index in [-0.39, 0.29) is 12.8 Å². The first-order valence-corrected chi connectivity index (χ1v) is 3.11. The fourth-order valence-corrected chi connectivity index (χ4v) is 0.394. The van der Waals surface area contributed by atoms with Crippen LogP contribution in [0, 0.1) is 0 Å². The molecular formula is C3H9NO4S. The molecule has 0 rings (SSSR count).